The fourth-order valence-electron chi connectivity index (χ4n) is 2.81. The fourth-order valence-corrected chi connectivity index (χ4v) is 2.81. The first kappa shape index (κ1) is 22.7. The van der Waals surface area contributed by atoms with E-state index in [1.165, 1.54) is 6.92 Å². The Labute approximate surface area is 185 Å². The summed E-state index contributed by atoms with van der Waals surface area (Å²) in [4.78, 5) is 24.7. The third kappa shape index (κ3) is 5.38. The highest BCUT2D eigenvalue weighted by Crippen LogP contribution is 2.32. The number of ether oxygens (including phenoxy) is 4. The monoisotopic (exact) mass is 437 g/mol. The first-order valence-electron chi connectivity index (χ1n) is 9.60. The van der Waals surface area contributed by atoms with Gasteiger partial charge in [0.25, 0.3) is 0 Å². The first-order valence-corrected chi connectivity index (χ1v) is 9.60. The summed E-state index contributed by atoms with van der Waals surface area (Å²) in [6.45, 7) is 4.16. The minimum Gasteiger partial charge on any atom is -0.496 e. The lowest BCUT2D eigenvalue weighted by atomic mass is 10.1. The van der Waals surface area contributed by atoms with Gasteiger partial charge < -0.3 is 24.1 Å². The van der Waals surface area contributed by atoms with Crippen molar-refractivity contribution < 1.29 is 28.8 Å². The largest absolute Gasteiger partial charge is 0.496 e. The lowest BCUT2D eigenvalue weighted by Crippen LogP contribution is -2.37. The summed E-state index contributed by atoms with van der Waals surface area (Å²) in [5.41, 5.74) is 1.23. The molecule has 166 valence electrons. The average molecular weight is 437 g/mol. The van der Waals surface area contributed by atoms with Crippen LogP contribution < -0.4 is 14.2 Å². The molecule has 32 heavy (non-hydrogen) atoms. The number of hydrogen-bond acceptors (Lipinski definition) is 9. The van der Waals surface area contributed by atoms with Crippen molar-refractivity contribution >= 4 is 5.97 Å². The molecule has 1 heterocycles. The Bertz CT molecular complexity index is 1050. The van der Waals surface area contributed by atoms with Gasteiger partial charge in [-0.15, -0.1) is 0 Å². The smallest absolute Gasteiger partial charge is 0.332 e. The van der Waals surface area contributed by atoms with E-state index in [1.807, 2.05) is 24.3 Å². The van der Waals surface area contributed by atoms with Crippen molar-refractivity contribution in [1.82, 2.24) is 15.0 Å². The zero-order valence-corrected chi connectivity index (χ0v) is 17.9. The van der Waals surface area contributed by atoms with E-state index in [-0.39, 0.29) is 17.7 Å². The Morgan fingerprint density at radius 2 is 1.47 bits per heavy atom. The number of para-hydroxylation sites is 2. The predicted octanol–water partition coefficient (Wildman–Crippen LogP) is 3.04. The summed E-state index contributed by atoms with van der Waals surface area (Å²) in [7, 11) is 3.09. The van der Waals surface area contributed by atoms with E-state index in [9.17, 15) is 9.90 Å². The standard InChI is InChI=1S/C23H23N3O6/c1-5-19(27)32-23(2,28)14-31-22-25-20(15-10-6-8-12-17(15)29-3)24-21(26-22)16-11-7-9-13-18(16)30-4/h5-13,28H,1,14H2,2-4H3. The zero-order chi connectivity index (χ0) is 23.1. The molecule has 0 amide bonds. The van der Waals surface area contributed by atoms with Crippen molar-refractivity contribution in [3.63, 3.8) is 0 Å². The van der Waals surface area contributed by atoms with Crippen molar-refractivity contribution in [2.75, 3.05) is 20.8 Å². The number of methoxy groups -OCH3 is 2. The number of aromatic nitrogens is 3. The average Bonchev–Trinajstić information content (AvgIpc) is 2.82. The van der Waals surface area contributed by atoms with Gasteiger partial charge in [0.1, 0.15) is 11.5 Å². The van der Waals surface area contributed by atoms with Crippen LogP contribution in [-0.4, -0.2) is 52.6 Å². The summed E-state index contributed by atoms with van der Waals surface area (Å²) in [6, 6.07) is 14.4. The Kier molecular flexibility index (Phi) is 7.01. The van der Waals surface area contributed by atoms with Crippen LogP contribution >= 0.6 is 0 Å². The lowest BCUT2D eigenvalue weighted by Gasteiger charge is -2.22. The summed E-state index contributed by atoms with van der Waals surface area (Å²) in [5.74, 6) is -1.02. The molecule has 1 atom stereocenters. The van der Waals surface area contributed by atoms with Crippen molar-refractivity contribution in [1.29, 1.82) is 0 Å². The highest BCUT2D eigenvalue weighted by atomic mass is 16.7. The first-order chi connectivity index (χ1) is 15.4. The molecule has 9 nitrogen and oxygen atoms in total. The van der Waals surface area contributed by atoms with E-state index < -0.39 is 18.4 Å². The highest BCUT2D eigenvalue weighted by Gasteiger charge is 2.27. The van der Waals surface area contributed by atoms with Gasteiger partial charge in [0.15, 0.2) is 18.3 Å². The minimum absolute atomic E-state index is 0.0864. The van der Waals surface area contributed by atoms with Gasteiger partial charge in [-0.2, -0.15) is 9.97 Å². The van der Waals surface area contributed by atoms with Gasteiger partial charge in [0, 0.05) is 13.0 Å². The Balaban J connectivity index is 2.05. The molecule has 0 aliphatic rings. The number of benzene rings is 2. The molecule has 1 N–H and O–H groups in total. The number of rotatable bonds is 9. The lowest BCUT2D eigenvalue weighted by molar-refractivity contribution is -0.206. The molecule has 2 aromatic carbocycles. The molecule has 0 spiro atoms. The zero-order valence-electron chi connectivity index (χ0n) is 17.9. The number of carbonyl (C=O) groups excluding carboxylic acids is 1. The van der Waals surface area contributed by atoms with E-state index in [1.54, 1.807) is 38.5 Å². The van der Waals surface area contributed by atoms with Crippen LogP contribution in [0.15, 0.2) is 61.2 Å². The van der Waals surface area contributed by atoms with Crippen LogP contribution in [0, 0.1) is 0 Å². The number of aliphatic hydroxyl groups is 1. The number of hydrogen-bond donors (Lipinski definition) is 1. The van der Waals surface area contributed by atoms with E-state index in [4.69, 9.17) is 18.9 Å². The van der Waals surface area contributed by atoms with E-state index in [0.717, 1.165) is 6.08 Å². The van der Waals surface area contributed by atoms with Gasteiger partial charge in [-0.1, -0.05) is 30.8 Å². The molecule has 1 aromatic heterocycles. The molecule has 3 rings (SSSR count). The summed E-state index contributed by atoms with van der Waals surface area (Å²) < 4.78 is 21.3. The molecule has 0 aliphatic heterocycles. The topological polar surface area (TPSA) is 113 Å². The van der Waals surface area contributed by atoms with E-state index in [2.05, 4.69) is 21.5 Å². The Hall–Kier alpha value is -3.98. The van der Waals surface area contributed by atoms with Crippen molar-refractivity contribution in [3.05, 3.63) is 61.2 Å². The molecule has 0 saturated heterocycles. The molecule has 9 heteroatoms. The van der Waals surface area contributed by atoms with Crippen LogP contribution in [0.3, 0.4) is 0 Å². The van der Waals surface area contributed by atoms with Gasteiger partial charge in [0.2, 0.25) is 5.79 Å². The molecule has 1 unspecified atom stereocenters. The quantitative estimate of drug-likeness (QED) is 0.306. The van der Waals surface area contributed by atoms with Crippen LogP contribution in [0.5, 0.6) is 17.5 Å². The van der Waals surface area contributed by atoms with Crippen LogP contribution in [0.25, 0.3) is 22.8 Å². The third-order valence-corrected chi connectivity index (χ3v) is 4.27. The molecule has 0 aliphatic carbocycles. The maximum atomic E-state index is 11.4. The Morgan fingerprint density at radius 3 is 1.94 bits per heavy atom. The Morgan fingerprint density at radius 1 is 0.969 bits per heavy atom. The maximum Gasteiger partial charge on any atom is 0.332 e. The number of carbonyl (C=O) groups is 1. The predicted molar refractivity (Wildman–Crippen MR) is 116 cm³/mol. The van der Waals surface area contributed by atoms with E-state index in [0.29, 0.717) is 22.6 Å². The molecular weight excluding hydrogens is 414 g/mol. The minimum atomic E-state index is -1.92. The maximum absolute atomic E-state index is 11.4. The van der Waals surface area contributed by atoms with Gasteiger partial charge in [-0.05, 0) is 24.3 Å². The van der Waals surface area contributed by atoms with Crippen LogP contribution in [0.2, 0.25) is 0 Å². The number of esters is 1. The highest BCUT2D eigenvalue weighted by molar-refractivity contribution is 5.81. The van der Waals surface area contributed by atoms with Crippen LogP contribution in [0.1, 0.15) is 6.92 Å². The summed E-state index contributed by atoms with van der Waals surface area (Å²) >= 11 is 0. The fraction of sp³-hybridized carbons (Fsp3) is 0.217. The molecule has 3 aromatic rings. The molecular formula is C23H23N3O6. The number of nitrogens with zero attached hydrogens (tertiary/aromatic N) is 3. The molecule has 0 fully saturated rings. The van der Waals surface area contributed by atoms with Gasteiger partial charge >= 0.3 is 12.0 Å². The van der Waals surface area contributed by atoms with Gasteiger partial charge in [-0.25, -0.2) is 9.78 Å². The molecule has 0 saturated carbocycles. The summed E-state index contributed by atoms with van der Waals surface area (Å²) in [6.07, 6.45) is 0.941. The van der Waals surface area contributed by atoms with Crippen molar-refractivity contribution in [3.8, 4) is 40.3 Å². The normalized spacial score (nSPS) is 12.4. The molecule has 0 radical (unpaired) electrons. The van der Waals surface area contributed by atoms with E-state index >= 15 is 0 Å². The van der Waals surface area contributed by atoms with Crippen LogP contribution in [-0.2, 0) is 9.53 Å². The van der Waals surface area contributed by atoms with Crippen LogP contribution in [0.4, 0.5) is 0 Å². The third-order valence-electron chi connectivity index (χ3n) is 4.27. The molecule has 0 bridgehead atoms. The second-order valence-electron chi connectivity index (χ2n) is 6.75. The van der Waals surface area contributed by atoms with Gasteiger partial charge in [0.05, 0.1) is 25.3 Å². The van der Waals surface area contributed by atoms with Gasteiger partial charge in [-0.3, -0.25) is 0 Å². The van der Waals surface area contributed by atoms with Crippen molar-refractivity contribution in [2.24, 2.45) is 0 Å². The SMILES string of the molecule is C=CC(=O)OC(C)(O)COc1nc(-c2ccccc2OC)nc(-c2ccccc2OC)n1. The summed E-state index contributed by atoms with van der Waals surface area (Å²) in [5, 5.41) is 10.3. The van der Waals surface area contributed by atoms with Crippen molar-refractivity contribution in [2.45, 2.75) is 12.7 Å². The second-order valence-corrected chi connectivity index (χ2v) is 6.75. The second kappa shape index (κ2) is 9.88.